The average Bonchev–Trinajstić information content (AvgIpc) is 2.83. The lowest BCUT2D eigenvalue weighted by Crippen LogP contribution is -1.96. The first-order valence-electron chi connectivity index (χ1n) is 5.99. The molecule has 2 heterocycles. The van der Waals surface area contributed by atoms with Gasteiger partial charge in [-0.15, -0.1) is 0 Å². The van der Waals surface area contributed by atoms with Crippen LogP contribution < -0.4 is 5.73 Å². The van der Waals surface area contributed by atoms with Crippen LogP contribution in [0, 0.1) is 0 Å². The van der Waals surface area contributed by atoms with E-state index in [9.17, 15) is 8.42 Å². The lowest BCUT2D eigenvalue weighted by Gasteiger charge is -1.99. The third-order valence-electron chi connectivity index (χ3n) is 3.09. The SMILES string of the molecule is CS(=O)(=O)c1ccc(-c2cn3cccc(N)c3n2)cc1. The van der Waals surface area contributed by atoms with Crippen LogP contribution in [0.5, 0.6) is 0 Å². The van der Waals surface area contributed by atoms with Gasteiger partial charge in [0.1, 0.15) is 0 Å². The van der Waals surface area contributed by atoms with Crippen molar-refractivity contribution >= 4 is 21.2 Å². The normalized spacial score (nSPS) is 11.8. The number of nitrogen functional groups attached to an aromatic ring is 1. The molecule has 2 N–H and O–H groups in total. The molecule has 0 fully saturated rings. The van der Waals surface area contributed by atoms with Crippen molar-refractivity contribution < 1.29 is 8.42 Å². The minimum absolute atomic E-state index is 0.296. The number of fused-ring (bicyclic) bond motifs is 1. The molecular formula is C14H13N3O2S. The van der Waals surface area contributed by atoms with Crippen LogP contribution in [-0.4, -0.2) is 24.1 Å². The molecule has 3 aromatic rings. The molecule has 0 amide bonds. The molecule has 0 spiro atoms. The molecule has 0 unspecified atom stereocenters. The van der Waals surface area contributed by atoms with E-state index in [1.54, 1.807) is 30.3 Å². The molecule has 0 radical (unpaired) electrons. The number of imidazole rings is 1. The van der Waals surface area contributed by atoms with E-state index in [1.807, 2.05) is 22.9 Å². The van der Waals surface area contributed by atoms with Crippen molar-refractivity contribution in [2.45, 2.75) is 4.90 Å². The molecule has 0 saturated carbocycles. The summed E-state index contributed by atoms with van der Waals surface area (Å²) in [5.74, 6) is 0. The van der Waals surface area contributed by atoms with Crippen LogP contribution in [0.2, 0.25) is 0 Å². The second-order valence-corrected chi connectivity index (χ2v) is 6.63. The molecule has 6 heteroatoms. The van der Waals surface area contributed by atoms with E-state index in [-0.39, 0.29) is 0 Å². The summed E-state index contributed by atoms with van der Waals surface area (Å²) in [5.41, 5.74) is 8.76. The molecule has 102 valence electrons. The van der Waals surface area contributed by atoms with Gasteiger partial charge in [-0.3, -0.25) is 0 Å². The Morgan fingerprint density at radius 3 is 2.45 bits per heavy atom. The van der Waals surface area contributed by atoms with Crippen molar-refractivity contribution in [1.82, 2.24) is 9.38 Å². The van der Waals surface area contributed by atoms with Crippen LogP contribution >= 0.6 is 0 Å². The van der Waals surface area contributed by atoms with Crippen LogP contribution in [0.1, 0.15) is 0 Å². The number of rotatable bonds is 2. The lowest BCUT2D eigenvalue weighted by atomic mass is 10.2. The molecule has 0 atom stereocenters. The molecule has 0 aliphatic rings. The van der Waals surface area contributed by atoms with Crippen molar-refractivity contribution in [3.8, 4) is 11.3 Å². The predicted octanol–water partition coefficient (Wildman–Crippen LogP) is 1.99. The first kappa shape index (κ1) is 12.7. The van der Waals surface area contributed by atoms with E-state index in [4.69, 9.17) is 5.73 Å². The van der Waals surface area contributed by atoms with Crippen LogP contribution in [0.15, 0.2) is 53.7 Å². The van der Waals surface area contributed by atoms with Gasteiger partial charge in [-0.25, -0.2) is 13.4 Å². The smallest absolute Gasteiger partial charge is 0.175 e. The Morgan fingerprint density at radius 1 is 1.15 bits per heavy atom. The predicted molar refractivity (Wildman–Crippen MR) is 78.2 cm³/mol. The number of nitrogens with zero attached hydrogens (tertiary/aromatic N) is 2. The standard InChI is InChI=1S/C14H13N3O2S/c1-20(18,19)11-6-4-10(5-7-11)13-9-17-8-2-3-12(15)14(17)16-13/h2-9H,15H2,1H3. The number of aromatic nitrogens is 2. The van der Waals surface area contributed by atoms with Gasteiger partial charge >= 0.3 is 0 Å². The zero-order valence-electron chi connectivity index (χ0n) is 10.8. The first-order chi connectivity index (χ1) is 9.45. The van der Waals surface area contributed by atoms with Crippen LogP contribution in [0.3, 0.4) is 0 Å². The maximum atomic E-state index is 11.4. The maximum absolute atomic E-state index is 11.4. The summed E-state index contributed by atoms with van der Waals surface area (Å²) in [4.78, 5) is 4.76. The van der Waals surface area contributed by atoms with Gasteiger partial charge in [0.2, 0.25) is 0 Å². The van der Waals surface area contributed by atoms with Crippen LogP contribution in [0.25, 0.3) is 16.9 Å². The van der Waals surface area contributed by atoms with E-state index in [0.29, 0.717) is 16.2 Å². The van der Waals surface area contributed by atoms with Crippen LogP contribution in [0.4, 0.5) is 5.69 Å². The number of sulfone groups is 1. The summed E-state index contributed by atoms with van der Waals surface area (Å²) in [5, 5.41) is 0. The zero-order chi connectivity index (χ0) is 14.3. The van der Waals surface area contributed by atoms with Gasteiger partial charge in [-0.2, -0.15) is 0 Å². The Balaban J connectivity index is 2.09. The molecule has 0 bridgehead atoms. The van der Waals surface area contributed by atoms with Gasteiger partial charge in [-0.05, 0) is 24.3 Å². The molecular weight excluding hydrogens is 274 g/mol. The van der Waals surface area contributed by atoms with Gasteiger partial charge in [0, 0.05) is 24.2 Å². The van der Waals surface area contributed by atoms with E-state index < -0.39 is 9.84 Å². The third kappa shape index (κ3) is 2.14. The van der Waals surface area contributed by atoms with Gasteiger partial charge in [-0.1, -0.05) is 12.1 Å². The fraction of sp³-hybridized carbons (Fsp3) is 0.0714. The molecule has 0 aliphatic heterocycles. The highest BCUT2D eigenvalue weighted by Gasteiger charge is 2.09. The highest BCUT2D eigenvalue weighted by atomic mass is 32.2. The number of benzene rings is 1. The Morgan fingerprint density at radius 2 is 1.85 bits per heavy atom. The van der Waals surface area contributed by atoms with E-state index in [1.165, 1.54) is 6.26 Å². The first-order valence-corrected chi connectivity index (χ1v) is 7.88. The Labute approximate surface area is 116 Å². The summed E-state index contributed by atoms with van der Waals surface area (Å²) in [6.45, 7) is 0. The van der Waals surface area contributed by atoms with Crippen molar-refractivity contribution in [3.63, 3.8) is 0 Å². The van der Waals surface area contributed by atoms with Gasteiger partial charge in [0.05, 0.1) is 16.3 Å². The number of nitrogens with two attached hydrogens (primary N) is 1. The summed E-state index contributed by atoms with van der Waals surface area (Å²) in [6, 6.07) is 10.3. The molecule has 3 rings (SSSR count). The van der Waals surface area contributed by atoms with Gasteiger partial charge in [0.15, 0.2) is 15.5 Å². The molecule has 20 heavy (non-hydrogen) atoms. The van der Waals surface area contributed by atoms with Crippen molar-refractivity contribution in [3.05, 3.63) is 48.8 Å². The monoisotopic (exact) mass is 287 g/mol. The summed E-state index contributed by atoms with van der Waals surface area (Å²) in [7, 11) is -3.18. The molecule has 2 aromatic heterocycles. The summed E-state index contributed by atoms with van der Waals surface area (Å²) >= 11 is 0. The van der Waals surface area contributed by atoms with E-state index in [2.05, 4.69) is 4.98 Å². The molecule has 0 aliphatic carbocycles. The van der Waals surface area contributed by atoms with Crippen molar-refractivity contribution in [2.24, 2.45) is 0 Å². The maximum Gasteiger partial charge on any atom is 0.175 e. The third-order valence-corrected chi connectivity index (χ3v) is 4.22. The Kier molecular flexibility index (Phi) is 2.76. The second kappa shape index (κ2) is 4.35. The summed E-state index contributed by atoms with van der Waals surface area (Å²) in [6.07, 6.45) is 4.92. The molecule has 1 aromatic carbocycles. The van der Waals surface area contributed by atoms with Gasteiger partial charge in [0.25, 0.3) is 0 Å². The lowest BCUT2D eigenvalue weighted by molar-refractivity contribution is 0.602. The number of pyridine rings is 1. The van der Waals surface area contributed by atoms with E-state index >= 15 is 0 Å². The second-order valence-electron chi connectivity index (χ2n) is 4.62. The quantitative estimate of drug-likeness (QED) is 0.782. The van der Waals surface area contributed by atoms with E-state index in [0.717, 1.165) is 11.3 Å². The zero-order valence-corrected chi connectivity index (χ0v) is 11.6. The molecule has 5 nitrogen and oxygen atoms in total. The largest absolute Gasteiger partial charge is 0.396 e. The Hall–Kier alpha value is -2.34. The number of hydrogen-bond donors (Lipinski definition) is 1. The topological polar surface area (TPSA) is 77.5 Å². The Bertz CT molecular complexity index is 880. The highest BCUT2D eigenvalue weighted by molar-refractivity contribution is 7.90. The molecule has 0 saturated heterocycles. The number of anilines is 1. The summed E-state index contributed by atoms with van der Waals surface area (Å²) < 4.78 is 24.7. The average molecular weight is 287 g/mol. The fourth-order valence-corrected chi connectivity index (χ4v) is 2.68. The van der Waals surface area contributed by atoms with Gasteiger partial charge < -0.3 is 10.1 Å². The van der Waals surface area contributed by atoms with Crippen molar-refractivity contribution in [2.75, 3.05) is 12.0 Å². The fourth-order valence-electron chi connectivity index (χ4n) is 2.05. The van der Waals surface area contributed by atoms with Crippen LogP contribution in [-0.2, 0) is 9.84 Å². The van der Waals surface area contributed by atoms with Crippen molar-refractivity contribution in [1.29, 1.82) is 0 Å². The minimum atomic E-state index is -3.18. The highest BCUT2D eigenvalue weighted by Crippen LogP contribution is 2.23. The number of hydrogen-bond acceptors (Lipinski definition) is 4. The minimum Gasteiger partial charge on any atom is -0.396 e.